The molecular formula is C16H33N3O2. The smallest absolute Gasteiger partial charge is 0.190 e. The molecule has 1 fully saturated rings. The van der Waals surface area contributed by atoms with Crippen LogP contribution in [0.3, 0.4) is 0 Å². The highest BCUT2D eigenvalue weighted by molar-refractivity contribution is 5.79. The van der Waals surface area contributed by atoms with Crippen molar-refractivity contribution in [3.8, 4) is 0 Å². The van der Waals surface area contributed by atoms with Gasteiger partial charge in [-0.15, -0.1) is 0 Å². The molecule has 0 aromatic heterocycles. The minimum Gasteiger partial charge on any atom is -0.385 e. The molecule has 0 aromatic rings. The first kappa shape index (κ1) is 18.2. The molecule has 0 bridgehead atoms. The zero-order chi connectivity index (χ0) is 15.4. The molecule has 0 unspecified atom stereocenters. The number of hydrogen-bond donors (Lipinski definition) is 2. The SMILES string of the molecule is CCOCCCNC(=NC)NCC1(CCOC)CCCC1. The van der Waals surface area contributed by atoms with Gasteiger partial charge in [0.15, 0.2) is 5.96 Å². The van der Waals surface area contributed by atoms with Crippen LogP contribution < -0.4 is 10.6 Å². The highest BCUT2D eigenvalue weighted by atomic mass is 16.5. The summed E-state index contributed by atoms with van der Waals surface area (Å²) in [5.74, 6) is 0.898. The van der Waals surface area contributed by atoms with Gasteiger partial charge in [-0.25, -0.2) is 0 Å². The number of aliphatic imine (C=N–C) groups is 1. The highest BCUT2D eigenvalue weighted by Gasteiger charge is 2.33. The zero-order valence-corrected chi connectivity index (χ0v) is 14.0. The molecule has 0 atom stereocenters. The van der Waals surface area contributed by atoms with Gasteiger partial charge in [-0.3, -0.25) is 4.99 Å². The molecule has 0 aromatic carbocycles. The third-order valence-electron chi connectivity index (χ3n) is 4.32. The lowest BCUT2D eigenvalue weighted by molar-refractivity contribution is 0.138. The Balaban J connectivity index is 2.28. The average Bonchev–Trinajstić information content (AvgIpc) is 2.97. The molecule has 1 aliphatic carbocycles. The highest BCUT2D eigenvalue weighted by Crippen LogP contribution is 2.40. The van der Waals surface area contributed by atoms with E-state index in [1.807, 2.05) is 14.0 Å². The summed E-state index contributed by atoms with van der Waals surface area (Å²) in [6.45, 7) is 6.34. The van der Waals surface area contributed by atoms with Crippen LogP contribution in [-0.4, -0.2) is 53.0 Å². The van der Waals surface area contributed by atoms with Gasteiger partial charge < -0.3 is 20.1 Å². The summed E-state index contributed by atoms with van der Waals surface area (Å²) in [5, 5.41) is 6.85. The third-order valence-corrected chi connectivity index (χ3v) is 4.32. The van der Waals surface area contributed by atoms with Crippen LogP contribution in [0.25, 0.3) is 0 Å². The second kappa shape index (κ2) is 10.9. The number of guanidine groups is 1. The predicted molar refractivity (Wildman–Crippen MR) is 87.9 cm³/mol. The lowest BCUT2D eigenvalue weighted by Gasteiger charge is -2.30. The van der Waals surface area contributed by atoms with Crippen molar-refractivity contribution in [2.75, 3.05) is 47.1 Å². The van der Waals surface area contributed by atoms with Gasteiger partial charge in [-0.2, -0.15) is 0 Å². The van der Waals surface area contributed by atoms with Crippen molar-refractivity contribution in [2.45, 2.75) is 45.4 Å². The first-order valence-corrected chi connectivity index (χ1v) is 8.27. The predicted octanol–water partition coefficient (Wildman–Crippen LogP) is 2.17. The molecule has 0 radical (unpaired) electrons. The monoisotopic (exact) mass is 299 g/mol. The Bertz CT molecular complexity index is 289. The minimum absolute atomic E-state index is 0.388. The standard InChI is InChI=1S/C16H33N3O2/c1-4-21-12-7-11-18-15(17-2)19-14-16(10-13-20-3)8-5-6-9-16/h4-14H2,1-3H3,(H2,17,18,19). The molecule has 1 saturated carbocycles. The van der Waals surface area contributed by atoms with Crippen molar-refractivity contribution in [2.24, 2.45) is 10.4 Å². The average molecular weight is 299 g/mol. The second-order valence-corrected chi connectivity index (χ2v) is 5.85. The van der Waals surface area contributed by atoms with Gasteiger partial charge in [0, 0.05) is 47.1 Å². The fraction of sp³-hybridized carbons (Fsp3) is 0.938. The van der Waals surface area contributed by atoms with E-state index in [1.165, 1.54) is 25.7 Å². The quantitative estimate of drug-likeness (QED) is 0.369. The molecule has 0 spiro atoms. The van der Waals surface area contributed by atoms with Gasteiger partial charge in [0.25, 0.3) is 0 Å². The molecular weight excluding hydrogens is 266 g/mol. The van der Waals surface area contributed by atoms with E-state index in [0.29, 0.717) is 5.41 Å². The molecule has 0 aliphatic heterocycles. The van der Waals surface area contributed by atoms with E-state index < -0.39 is 0 Å². The molecule has 0 amide bonds. The summed E-state index contributed by atoms with van der Waals surface area (Å²) in [7, 11) is 3.61. The second-order valence-electron chi connectivity index (χ2n) is 5.85. The Labute approximate surface area is 129 Å². The lowest BCUT2D eigenvalue weighted by Crippen LogP contribution is -2.43. The van der Waals surface area contributed by atoms with E-state index in [-0.39, 0.29) is 0 Å². The number of hydrogen-bond acceptors (Lipinski definition) is 3. The van der Waals surface area contributed by atoms with Crippen LogP contribution in [0.5, 0.6) is 0 Å². The summed E-state index contributed by atoms with van der Waals surface area (Å²) in [5.41, 5.74) is 0.388. The van der Waals surface area contributed by atoms with Crippen LogP contribution >= 0.6 is 0 Å². The van der Waals surface area contributed by atoms with Crippen molar-refractivity contribution in [1.29, 1.82) is 0 Å². The summed E-state index contributed by atoms with van der Waals surface area (Å²) in [6, 6.07) is 0. The normalized spacial score (nSPS) is 18.0. The molecule has 2 N–H and O–H groups in total. The Morgan fingerprint density at radius 2 is 1.95 bits per heavy atom. The molecule has 0 saturated heterocycles. The maximum atomic E-state index is 5.34. The topological polar surface area (TPSA) is 54.9 Å². The van der Waals surface area contributed by atoms with Crippen LogP contribution in [0.2, 0.25) is 0 Å². The molecule has 124 valence electrons. The summed E-state index contributed by atoms with van der Waals surface area (Å²) in [6.07, 6.45) is 7.41. The van der Waals surface area contributed by atoms with Crippen molar-refractivity contribution in [1.82, 2.24) is 10.6 Å². The molecule has 5 nitrogen and oxygen atoms in total. The number of nitrogens with zero attached hydrogens (tertiary/aromatic N) is 1. The fourth-order valence-electron chi connectivity index (χ4n) is 2.98. The number of ether oxygens (including phenoxy) is 2. The lowest BCUT2D eigenvalue weighted by atomic mass is 9.83. The molecule has 0 heterocycles. The first-order valence-electron chi connectivity index (χ1n) is 8.27. The van der Waals surface area contributed by atoms with Crippen molar-refractivity contribution >= 4 is 5.96 Å². The Hall–Kier alpha value is -0.810. The fourth-order valence-corrected chi connectivity index (χ4v) is 2.98. The molecule has 1 rings (SSSR count). The first-order chi connectivity index (χ1) is 10.3. The number of methoxy groups -OCH3 is 1. The number of rotatable bonds is 10. The molecule has 5 heteroatoms. The van der Waals surface area contributed by atoms with Crippen molar-refractivity contribution in [3.63, 3.8) is 0 Å². The Kier molecular flexibility index (Phi) is 9.42. The maximum Gasteiger partial charge on any atom is 0.190 e. The van der Waals surface area contributed by atoms with E-state index in [4.69, 9.17) is 9.47 Å². The van der Waals surface area contributed by atoms with E-state index in [1.54, 1.807) is 7.11 Å². The molecule has 21 heavy (non-hydrogen) atoms. The van der Waals surface area contributed by atoms with Crippen molar-refractivity contribution in [3.05, 3.63) is 0 Å². The van der Waals surface area contributed by atoms with Gasteiger partial charge in [0.2, 0.25) is 0 Å². The minimum atomic E-state index is 0.388. The van der Waals surface area contributed by atoms with Crippen LogP contribution in [0.4, 0.5) is 0 Å². The summed E-state index contributed by atoms with van der Waals surface area (Å²) in [4.78, 5) is 4.30. The zero-order valence-electron chi connectivity index (χ0n) is 14.0. The number of nitrogens with one attached hydrogen (secondary N) is 2. The van der Waals surface area contributed by atoms with Gasteiger partial charge in [0.05, 0.1) is 0 Å². The van der Waals surface area contributed by atoms with Crippen LogP contribution in [0.1, 0.15) is 45.4 Å². The van der Waals surface area contributed by atoms with Gasteiger partial charge >= 0.3 is 0 Å². The van der Waals surface area contributed by atoms with Crippen LogP contribution in [0.15, 0.2) is 4.99 Å². The third kappa shape index (κ3) is 7.14. The Morgan fingerprint density at radius 3 is 2.57 bits per heavy atom. The van der Waals surface area contributed by atoms with E-state index in [0.717, 1.165) is 51.7 Å². The largest absolute Gasteiger partial charge is 0.385 e. The van der Waals surface area contributed by atoms with E-state index in [2.05, 4.69) is 15.6 Å². The van der Waals surface area contributed by atoms with E-state index in [9.17, 15) is 0 Å². The van der Waals surface area contributed by atoms with Crippen molar-refractivity contribution < 1.29 is 9.47 Å². The van der Waals surface area contributed by atoms with Gasteiger partial charge in [0.1, 0.15) is 0 Å². The maximum absolute atomic E-state index is 5.34. The van der Waals surface area contributed by atoms with E-state index >= 15 is 0 Å². The van der Waals surface area contributed by atoms with Crippen LogP contribution in [0, 0.1) is 5.41 Å². The van der Waals surface area contributed by atoms with Gasteiger partial charge in [-0.05, 0) is 38.0 Å². The molecule has 1 aliphatic rings. The van der Waals surface area contributed by atoms with Gasteiger partial charge in [-0.1, -0.05) is 12.8 Å². The summed E-state index contributed by atoms with van der Waals surface area (Å²) >= 11 is 0. The summed E-state index contributed by atoms with van der Waals surface area (Å²) < 4.78 is 10.6. The Morgan fingerprint density at radius 1 is 1.19 bits per heavy atom. The van der Waals surface area contributed by atoms with Crippen LogP contribution in [-0.2, 0) is 9.47 Å².